The summed E-state index contributed by atoms with van der Waals surface area (Å²) in [5.41, 5.74) is 1.30. The lowest BCUT2D eigenvalue weighted by Gasteiger charge is -2.19. The minimum Gasteiger partial charge on any atom is -0.478 e. The van der Waals surface area contributed by atoms with E-state index in [1.54, 1.807) is 24.3 Å². The summed E-state index contributed by atoms with van der Waals surface area (Å²) in [7, 11) is 0. The molecule has 1 aliphatic carbocycles. The van der Waals surface area contributed by atoms with Crippen LogP contribution in [0.2, 0.25) is 5.02 Å². The van der Waals surface area contributed by atoms with Gasteiger partial charge in [-0.25, -0.2) is 4.79 Å². The number of aromatic nitrogens is 3. The second-order valence-electron chi connectivity index (χ2n) is 7.65. The number of carboxylic acid groups (broad SMARTS) is 1. The molecule has 1 saturated carbocycles. The summed E-state index contributed by atoms with van der Waals surface area (Å²) in [6, 6.07) is 12.8. The van der Waals surface area contributed by atoms with Gasteiger partial charge in [0.1, 0.15) is 5.82 Å². The van der Waals surface area contributed by atoms with Crippen LogP contribution < -0.4 is 10.1 Å². The molecule has 1 aliphatic rings. The Bertz CT molecular complexity index is 1150. The Hall–Kier alpha value is -3.40. The van der Waals surface area contributed by atoms with E-state index in [1.165, 1.54) is 12.1 Å². The summed E-state index contributed by atoms with van der Waals surface area (Å²) in [6.45, 7) is -1.54. The van der Waals surface area contributed by atoms with Crippen molar-refractivity contribution in [1.82, 2.24) is 15.0 Å². The minimum atomic E-state index is -4.55. The Morgan fingerprint density at radius 2 is 1.73 bits per heavy atom. The number of alkyl halides is 3. The maximum absolute atomic E-state index is 12.7. The van der Waals surface area contributed by atoms with Gasteiger partial charge in [-0.2, -0.15) is 28.1 Å². The molecule has 0 atom stereocenters. The quantitative estimate of drug-likeness (QED) is 0.477. The van der Waals surface area contributed by atoms with Crippen molar-refractivity contribution < 1.29 is 27.8 Å². The Kier molecular flexibility index (Phi) is 6.11. The molecule has 0 saturated heterocycles. The molecule has 11 heteroatoms. The number of hydrogen-bond donors (Lipinski definition) is 2. The van der Waals surface area contributed by atoms with E-state index < -0.39 is 30.3 Å². The number of nitrogens with one attached hydrogen (secondary N) is 1. The van der Waals surface area contributed by atoms with Crippen molar-refractivity contribution >= 4 is 23.5 Å². The van der Waals surface area contributed by atoms with Gasteiger partial charge in [0, 0.05) is 11.4 Å². The molecule has 1 fully saturated rings. The van der Waals surface area contributed by atoms with Crippen LogP contribution >= 0.6 is 11.6 Å². The first-order valence-corrected chi connectivity index (χ1v) is 10.3. The lowest BCUT2D eigenvalue weighted by Crippen LogP contribution is -2.23. The summed E-state index contributed by atoms with van der Waals surface area (Å²) in [4.78, 5) is 23.4. The number of aromatic carboxylic acids is 1. The SMILES string of the molecule is O=C(O)c1ccc(Cc2nc(NC3(c4ccc(Cl)cc4)CC3)nc(OCC(F)(F)F)n2)cc1. The Morgan fingerprint density at radius 3 is 2.30 bits per heavy atom. The molecule has 2 N–H and O–H groups in total. The number of carbonyl (C=O) groups is 1. The van der Waals surface area contributed by atoms with Crippen molar-refractivity contribution in [2.45, 2.75) is 31.0 Å². The summed E-state index contributed by atoms with van der Waals surface area (Å²) >= 11 is 5.97. The van der Waals surface area contributed by atoms with E-state index in [-0.39, 0.29) is 23.8 Å². The summed E-state index contributed by atoms with van der Waals surface area (Å²) < 4.78 is 42.7. The van der Waals surface area contributed by atoms with E-state index >= 15 is 0 Å². The number of carboxylic acids is 1. The number of nitrogens with zero attached hydrogens (tertiary/aromatic N) is 3. The Morgan fingerprint density at radius 1 is 1.06 bits per heavy atom. The first-order chi connectivity index (χ1) is 15.6. The summed E-state index contributed by atoms with van der Waals surface area (Å²) in [5, 5.41) is 12.8. The van der Waals surface area contributed by atoms with Gasteiger partial charge in [-0.15, -0.1) is 0 Å². The molecule has 0 spiro atoms. The molecule has 2 aromatic carbocycles. The van der Waals surface area contributed by atoms with Gasteiger partial charge in [0.2, 0.25) is 5.95 Å². The first-order valence-electron chi connectivity index (χ1n) is 9.93. The van der Waals surface area contributed by atoms with Crippen LogP contribution in [0.1, 0.15) is 40.2 Å². The van der Waals surface area contributed by atoms with Crippen LogP contribution in [0.3, 0.4) is 0 Å². The smallest absolute Gasteiger partial charge is 0.422 e. The van der Waals surface area contributed by atoms with Gasteiger partial charge in [0.05, 0.1) is 11.1 Å². The topological polar surface area (TPSA) is 97.2 Å². The van der Waals surface area contributed by atoms with E-state index in [1.807, 2.05) is 12.1 Å². The molecule has 0 aliphatic heterocycles. The number of hydrogen-bond acceptors (Lipinski definition) is 6. The van der Waals surface area contributed by atoms with E-state index in [9.17, 15) is 18.0 Å². The van der Waals surface area contributed by atoms with Crippen LogP contribution in [0.25, 0.3) is 0 Å². The fraction of sp³-hybridized carbons (Fsp3) is 0.273. The highest BCUT2D eigenvalue weighted by atomic mass is 35.5. The molecule has 172 valence electrons. The average Bonchev–Trinajstić information content (AvgIpc) is 3.53. The number of rotatable bonds is 8. The van der Waals surface area contributed by atoms with Crippen molar-refractivity contribution in [3.8, 4) is 6.01 Å². The van der Waals surface area contributed by atoms with Gasteiger partial charge in [-0.05, 0) is 48.2 Å². The molecule has 0 amide bonds. The predicted octanol–water partition coefficient (Wildman–Crippen LogP) is 4.86. The zero-order valence-corrected chi connectivity index (χ0v) is 17.8. The monoisotopic (exact) mass is 478 g/mol. The van der Waals surface area contributed by atoms with Gasteiger partial charge in [0.15, 0.2) is 6.61 Å². The normalized spacial score (nSPS) is 14.5. The summed E-state index contributed by atoms with van der Waals surface area (Å²) in [6.07, 6.45) is -2.84. The van der Waals surface area contributed by atoms with Gasteiger partial charge in [0.25, 0.3) is 0 Å². The predicted molar refractivity (Wildman–Crippen MR) is 114 cm³/mol. The highest BCUT2D eigenvalue weighted by molar-refractivity contribution is 6.30. The van der Waals surface area contributed by atoms with Crippen molar-refractivity contribution in [1.29, 1.82) is 0 Å². The highest BCUT2D eigenvalue weighted by Crippen LogP contribution is 2.48. The zero-order chi connectivity index (χ0) is 23.6. The van der Waals surface area contributed by atoms with E-state index in [0.717, 1.165) is 18.4 Å². The van der Waals surface area contributed by atoms with Crippen molar-refractivity contribution in [2.24, 2.45) is 0 Å². The number of anilines is 1. The standard InChI is InChI=1S/C22H18ClF3N4O3/c23-16-7-5-15(6-8-16)21(9-10-21)30-19-27-17(28-20(29-19)33-12-22(24,25)26)11-13-1-3-14(4-2-13)18(31)32/h1-8H,9-12H2,(H,31,32)(H,27,28,29,30). The van der Waals surface area contributed by atoms with Crippen LogP contribution in [0.5, 0.6) is 6.01 Å². The Labute approximate surface area is 191 Å². The highest BCUT2D eigenvalue weighted by Gasteiger charge is 2.45. The molecular weight excluding hydrogens is 461 g/mol. The third kappa shape index (κ3) is 5.89. The van der Waals surface area contributed by atoms with Crippen molar-refractivity contribution in [3.05, 3.63) is 76.1 Å². The summed E-state index contributed by atoms with van der Waals surface area (Å²) in [5.74, 6) is -0.792. The van der Waals surface area contributed by atoms with E-state index in [2.05, 4.69) is 20.3 Å². The van der Waals surface area contributed by atoms with Crippen molar-refractivity contribution in [2.75, 3.05) is 11.9 Å². The fourth-order valence-corrected chi connectivity index (χ4v) is 3.41. The lowest BCUT2D eigenvalue weighted by atomic mass is 10.1. The van der Waals surface area contributed by atoms with Gasteiger partial charge >= 0.3 is 18.2 Å². The molecule has 3 aromatic rings. The second kappa shape index (κ2) is 8.86. The molecule has 7 nitrogen and oxygen atoms in total. The zero-order valence-electron chi connectivity index (χ0n) is 17.1. The largest absolute Gasteiger partial charge is 0.478 e. The van der Waals surface area contributed by atoms with Crippen LogP contribution in [0, 0.1) is 0 Å². The molecular formula is C22H18ClF3N4O3. The van der Waals surface area contributed by atoms with Crippen LogP contribution in [-0.2, 0) is 12.0 Å². The van der Waals surface area contributed by atoms with Gasteiger partial charge < -0.3 is 15.2 Å². The van der Waals surface area contributed by atoms with Gasteiger partial charge in [-0.3, -0.25) is 0 Å². The van der Waals surface area contributed by atoms with E-state index in [0.29, 0.717) is 10.6 Å². The van der Waals surface area contributed by atoms with Gasteiger partial charge in [-0.1, -0.05) is 35.9 Å². The maximum atomic E-state index is 12.7. The number of benzene rings is 2. The lowest BCUT2D eigenvalue weighted by molar-refractivity contribution is -0.154. The molecule has 0 unspecified atom stereocenters. The minimum absolute atomic E-state index is 0.0896. The van der Waals surface area contributed by atoms with Crippen LogP contribution in [-0.4, -0.2) is 38.8 Å². The van der Waals surface area contributed by atoms with Crippen molar-refractivity contribution in [3.63, 3.8) is 0 Å². The molecule has 1 heterocycles. The average molecular weight is 479 g/mol. The van der Waals surface area contributed by atoms with Crippen LogP contribution in [0.4, 0.5) is 19.1 Å². The molecule has 1 aromatic heterocycles. The molecule has 0 radical (unpaired) electrons. The third-order valence-corrected chi connectivity index (χ3v) is 5.34. The first kappa shape index (κ1) is 22.8. The van der Waals surface area contributed by atoms with Crippen LogP contribution in [0.15, 0.2) is 48.5 Å². The third-order valence-electron chi connectivity index (χ3n) is 5.09. The number of ether oxygens (including phenoxy) is 1. The maximum Gasteiger partial charge on any atom is 0.422 e. The second-order valence-corrected chi connectivity index (χ2v) is 8.09. The molecule has 33 heavy (non-hydrogen) atoms. The Balaban J connectivity index is 1.60. The number of halogens is 4. The fourth-order valence-electron chi connectivity index (χ4n) is 3.29. The molecule has 4 rings (SSSR count). The van der Waals surface area contributed by atoms with E-state index in [4.69, 9.17) is 21.4 Å². The molecule has 0 bridgehead atoms.